The van der Waals surface area contributed by atoms with Crippen molar-refractivity contribution in [3.05, 3.63) is 53.7 Å². The molecule has 2 heterocycles. The predicted octanol–water partition coefficient (Wildman–Crippen LogP) is 3.32. The van der Waals surface area contributed by atoms with E-state index in [9.17, 15) is 5.11 Å². The largest absolute Gasteiger partial charge is 0.485 e. The Balaban J connectivity index is 2.05. The zero-order valence-electron chi connectivity index (χ0n) is 12.4. The van der Waals surface area contributed by atoms with E-state index in [0.717, 1.165) is 10.6 Å². The van der Waals surface area contributed by atoms with Crippen LogP contribution in [0.15, 0.2) is 47.6 Å². The summed E-state index contributed by atoms with van der Waals surface area (Å²) in [5.41, 5.74) is 0.690. The maximum atomic E-state index is 10.7. The number of aliphatic hydroxyl groups excluding tert-OH is 1. The molecule has 1 aliphatic heterocycles. The van der Waals surface area contributed by atoms with Gasteiger partial charge in [0.1, 0.15) is 17.5 Å². The van der Waals surface area contributed by atoms with Crippen LogP contribution in [0.3, 0.4) is 0 Å². The molecule has 2 unspecified atom stereocenters. The molecule has 112 valence electrons. The van der Waals surface area contributed by atoms with E-state index in [0.29, 0.717) is 11.3 Å². The molecule has 0 saturated heterocycles. The quantitative estimate of drug-likeness (QED) is 0.921. The minimum Gasteiger partial charge on any atom is -0.485 e. The van der Waals surface area contributed by atoms with Crippen molar-refractivity contribution < 1.29 is 9.84 Å². The van der Waals surface area contributed by atoms with Crippen LogP contribution in [-0.4, -0.2) is 21.8 Å². The van der Waals surface area contributed by atoms with E-state index in [1.54, 1.807) is 24.4 Å². The molecule has 0 aliphatic carbocycles. The first kappa shape index (κ1) is 14.9. The first-order chi connectivity index (χ1) is 10.5. The first-order valence-electron chi connectivity index (χ1n) is 7.00. The fraction of sp³-hybridized carbons (Fsp3) is 0.294. The summed E-state index contributed by atoms with van der Waals surface area (Å²) >= 11 is 1.49. The Hall–Kier alpha value is -2.03. The van der Waals surface area contributed by atoms with Crippen LogP contribution in [0.4, 0.5) is 0 Å². The monoisotopic (exact) mass is 312 g/mol. The molecular weight excluding hydrogens is 296 g/mol. The first-order valence-corrected chi connectivity index (χ1v) is 7.88. The number of benzene rings is 1. The number of nitriles is 1. The SMILES string of the molecule is CC1(C)Oc2ccc(C#N)cc2C(Sc2ccccn2)C1O. The summed E-state index contributed by atoms with van der Waals surface area (Å²) < 4.78 is 5.91. The smallest absolute Gasteiger partial charge is 0.131 e. The Bertz CT molecular complexity index is 725. The summed E-state index contributed by atoms with van der Waals surface area (Å²) in [4.78, 5) is 4.32. The van der Waals surface area contributed by atoms with E-state index in [2.05, 4.69) is 11.1 Å². The van der Waals surface area contributed by atoms with Crippen molar-refractivity contribution in [2.45, 2.75) is 35.8 Å². The molecule has 3 rings (SSSR count). The lowest BCUT2D eigenvalue weighted by Crippen LogP contribution is -2.48. The summed E-state index contributed by atoms with van der Waals surface area (Å²) in [7, 11) is 0. The lowest BCUT2D eigenvalue weighted by Gasteiger charge is -2.41. The third-order valence-electron chi connectivity index (χ3n) is 3.70. The summed E-state index contributed by atoms with van der Waals surface area (Å²) in [5, 5.41) is 20.4. The van der Waals surface area contributed by atoms with Crippen LogP contribution in [0.25, 0.3) is 0 Å². The minimum absolute atomic E-state index is 0.234. The molecule has 5 heteroatoms. The molecule has 2 atom stereocenters. The molecule has 2 aromatic rings. The molecule has 0 spiro atoms. The Morgan fingerprint density at radius 1 is 1.32 bits per heavy atom. The van der Waals surface area contributed by atoms with Gasteiger partial charge in [-0.2, -0.15) is 5.26 Å². The van der Waals surface area contributed by atoms with Crippen LogP contribution >= 0.6 is 11.8 Å². The molecular formula is C17H16N2O2S. The number of ether oxygens (including phenoxy) is 1. The molecule has 4 nitrogen and oxygen atoms in total. The number of aromatic nitrogens is 1. The van der Waals surface area contributed by atoms with Gasteiger partial charge in [0.25, 0.3) is 0 Å². The highest BCUT2D eigenvalue weighted by molar-refractivity contribution is 7.99. The summed E-state index contributed by atoms with van der Waals surface area (Å²) in [6.07, 6.45) is 1.02. The van der Waals surface area contributed by atoms with Crippen molar-refractivity contribution in [2.75, 3.05) is 0 Å². The van der Waals surface area contributed by atoms with Gasteiger partial charge in [0, 0.05) is 11.8 Å². The van der Waals surface area contributed by atoms with Gasteiger partial charge in [-0.05, 0) is 44.2 Å². The van der Waals surface area contributed by atoms with Gasteiger partial charge in [-0.15, -0.1) is 0 Å². The second-order valence-electron chi connectivity index (χ2n) is 5.72. The average molecular weight is 312 g/mol. The molecule has 1 aromatic carbocycles. The van der Waals surface area contributed by atoms with Gasteiger partial charge < -0.3 is 9.84 Å². The minimum atomic E-state index is -0.707. The van der Waals surface area contributed by atoms with Crippen LogP contribution in [0.1, 0.15) is 30.2 Å². The van der Waals surface area contributed by atoms with Gasteiger partial charge in [-0.3, -0.25) is 0 Å². The van der Waals surface area contributed by atoms with Crippen molar-refractivity contribution in [2.24, 2.45) is 0 Å². The standard InChI is InChI=1S/C17H16N2O2S/c1-17(2)16(20)15(22-14-5-3-4-8-19-14)12-9-11(10-18)6-7-13(12)21-17/h3-9,15-16,20H,1-2H3. The van der Waals surface area contributed by atoms with Gasteiger partial charge in [0.05, 0.1) is 21.9 Å². The van der Waals surface area contributed by atoms with Crippen molar-refractivity contribution >= 4 is 11.8 Å². The molecule has 1 aliphatic rings. The normalized spacial score (nSPS) is 22.3. The van der Waals surface area contributed by atoms with Crippen molar-refractivity contribution in [1.29, 1.82) is 5.26 Å². The highest BCUT2D eigenvalue weighted by Crippen LogP contribution is 2.48. The van der Waals surface area contributed by atoms with E-state index in [4.69, 9.17) is 10.00 Å². The van der Waals surface area contributed by atoms with Gasteiger partial charge in [0.15, 0.2) is 0 Å². The number of hydrogen-bond donors (Lipinski definition) is 1. The lowest BCUT2D eigenvalue weighted by molar-refractivity contribution is -0.0429. The summed E-state index contributed by atoms with van der Waals surface area (Å²) in [6, 6.07) is 13.1. The zero-order valence-corrected chi connectivity index (χ0v) is 13.2. The molecule has 1 N–H and O–H groups in total. The molecule has 0 fully saturated rings. The molecule has 0 saturated carbocycles. The van der Waals surface area contributed by atoms with E-state index >= 15 is 0 Å². The lowest BCUT2D eigenvalue weighted by atomic mass is 9.90. The second-order valence-corrected chi connectivity index (χ2v) is 6.88. The van der Waals surface area contributed by atoms with E-state index < -0.39 is 11.7 Å². The molecule has 0 bridgehead atoms. The highest BCUT2D eigenvalue weighted by Gasteiger charge is 2.43. The maximum Gasteiger partial charge on any atom is 0.131 e. The Morgan fingerprint density at radius 2 is 2.14 bits per heavy atom. The van der Waals surface area contributed by atoms with Gasteiger partial charge in [-0.25, -0.2) is 4.98 Å². The molecule has 0 amide bonds. The number of pyridine rings is 1. The highest BCUT2D eigenvalue weighted by atomic mass is 32.2. The second kappa shape index (κ2) is 5.64. The summed E-state index contributed by atoms with van der Waals surface area (Å²) in [5.74, 6) is 0.711. The fourth-order valence-electron chi connectivity index (χ4n) is 2.49. The molecule has 0 radical (unpaired) electrons. The number of fused-ring (bicyclic) bond motifs is 1. The Kier molecular flexibility index (Phi) is 3.81. The molecule has 1 aromatic heterocycles. The van der Waals surface area contributed by atoms with Crippen LogP contribution < -0.4 is 4.74 Å². The molecule has 22 heavy (non-hydrogen) atoms. The van der Waals surface area contributed by atoms with Gasteiger partial charge in [-0.1, -0.05) is 17.8 Å². The van der Waals surface area contributed by atoms with Crippen LogP contribution in [-0.2, 0) is 0 Å². The van der Waals surface area contributed by atoms with Crippen molar-refractivity contribution in [3.8, 4) is 11.8 Å². The van der Waals surface area contributed by atoms with Gasteiger partial charge >= 0.3 is 0 Å². The van der Waals surface area contributed by atoms with Crippen LogP contribution in [0.2, 0.25) is 0 Å². The number of aliphatic hydroxyl groups is 1. The zero-order chi connectivity index (χ0) is 15.7. The van der Waals surface area contributed by atoms with E-state index in [-0.39, 0.29) is 5.25 Å². The van der Waals surface area contributed by atoms with Crippen molar-refractivity contribution in [3.63, 3.8) is 0 Å². The Morgan fingerprint density at radius 3 is 2.82 bits per heavy atom. The number of rotatable bonds is 2. The predicted molar refractivity (Wildman–Crippen MR) is 84.7 cm³/mol. The van der Waals surface area contributed by atoms with Crippen LogP contribution in [0, 0.1) is 11.3 Å². The fourth-order valence-corrected chi connectivity index (χ4v) is 3.79. The topological polar surface area (TPSA) is 66.1 Å². The number of nitrogens with zero attached hydrogens (tertiary/aromatic N) is 2. The van der Waals surface area contributed by atoms with Crippen LogP contribution in [0.5, 0.6) is 5.75 Å². The third kappa shape index (κ3) is 2.68. The van der Waals surface area contributed by atoms with E-state index in [1.807, 2.05) is 32.0 Å². The average Bonchev–Trinajstić information content (AvgIpc) is 2.52. The number of hydrogen-bond acceptors (Lipinski definition) is 5. The Labute approximate surface area is 133 Å². The van der Waals surface area contributed by atoms with Crippen molar-refractivity contribution in [1.82, 2.24) is 4.98 Å². The maximum absolute atomic E-state index is 10.7. The summed E-state index contributed by atoms with van der Waals surface area (Å²) in [6.45, 7) is 3.73. The van der Waals surface area contributed by atoms with Gasteiger partial charge in [0.2, 0.25) is 0 Å². The number of thioether (sulfide) groups is 1. The third-order valence-corrected chi connectivity index (χ3v) is 4.95. The van der Waals surface area contributed by atoms with E-state index in [1.165, 1.54) is 11.8 Å².